The minimum absolute atomic E-state index is 0.0179. The molecule has 4 atom stereocenters. The molecule has 0 unspecified atom stereocenters. The zero-order valence-corrected chi connectivity index (χ0v) is 20.7. The number of aliphatic hydroxyl groups excluding tert-OH is 1. The highest BCUT2D eigenvalue weighted by Crippen LogP contribution is 2.45. The van der Waals surface area contributed by atoms with E-state index in [4.69, 9.17) is 14.0 Å². The molecule has 0 radical (unpaired) electrons. The highest BCUT2D eigenvalue weighted by atomic mass is 31.2. The Kier molecular flexibility index (Phi) is 6.16. The third kappa shape index (κ3) is 4.34. The van der Waals surface area contributed by atoms with Crippen molar-refractivity contribution < 1.29 is 33.5 Å². The van der Waals surface area contributed by atoms with E-state index in [2.05, 4.69) is 11.1 Å². The van der Waals surface area contributed by atoms with Crippen molar-refractivity contribution in [2.24, 2.45) is 0 Å². The van der Waals surface area contributed by atoms with Crippen LogP contribution in [0.4, 0.5) is 0 Å². The number of aromatic amines is 1. The molecule has 12 heteroatoms. The van der Waals surface area contributed by atoms with Gasteiger partial charge in [-0.3, -0.25) is 18.9 Å². The van der Waals surface area contributed by atoms with Crippen molar-refractivity contribution in [1.82, 2.24) is 9.55 Å². The molecule has 1 fully saturated rings. The highest BCUT2D eigenvalue weighted by Gasteiger charge is 2.50. The second-order valence-corrected chi connectivity index (χ2v) is 10.4. The van der Waals surface area contributed by atoms with Crippen LogP contribution < -0.4 is 11.2 Å². The molecule has 4 N–H and O–H groups in total. The van der Waals surface area contributed by atoms with Crippen LogP contribution in [-0.4, -0.2) is 49.4 Å². The third-order valence-electron chi connectivity index (χ3n) is 6.90. The molecule has 6 rings (SSSR count). The number of H-pyrrole nitrogens is 1. The molecule has 0 bridgehead atoms. The molecule has 38 heavy (non-hydrogen) atoms. The molecule has 2 heterocycles. The lowest BCUT2D eigenvalue weighted by Crippen LogP contribution is -2.40. The number of nitrogens with one attached hydrogen (secondary N) is 1. The van der Waals surface area contributed by atoms with Crippen LogP contribution in [-0.2, 0) is 25.2 Å². The number of hydrogen-bond acceptors (Lipinski definition) is 7. The first-order chi connectivity index (χ1) is 18.2. The summed E-state index contributed by atoms with van der Waals surface area (Å²) in [5.41, 5.74) is -0.643. The Labute approximate surface area is 214 Å². The topological polar surface area (TPSA) is 160 Å². The monoisotopic (exact) mass is 538 g/mol. The average molecular weight is 538 g/mol. The normalized spacial score (nSPS) is 22.2. The van der Waals surface area contributed by atoms with Crippen LogP contribution >= 0.6 is 7.82 Å². The number of aliphatic hydroxyl groups is 1. The summed E-state index contributed by atoms with van der Waals surface area (Å²) in [5, 5.41) is 16.2. The Morgan fingerprint density at radius 1 is 0.921 bits per heavy atom. The zero-order valence-electron chi connectivity index (χ0n) is 19.8. The Morgan fingerprint density at radius 3 is 2.29 bits per heavy atom. The van der Waals surface area contributed by atoms with Crippen LogP contribution in [0, 0.1) is 0 Å². The van der Waals surface area contributed by atoms with Crippen LogP contribution in [0.25, 0.3) is 32.3 Å². The first kappa shape index (κ1) is 24.9. The predicted molar refractivity (Wildman–Crippen MR) is 138 cm³/mol. The van der Waals surface area contributed by atoms with Crippen LogP contribution in [0.5, 0.6) is 0 Å². The molecule has 4 aromatic carbocycles. The van der Waals surface area contributed by atoms with E-state index in [9.17, 15) is 29.0 Å². The van der Waals surface area contributed by atoms with E-state index in [1.807, 2.05) is 48.5 Å². The van der Waals surface area contributed by atoms with Crippen molar-refractivity contribution in [3.05, 3.63) is 93.3 Å². The SMILES string of the molecule is O=c1ccn([C@@H]2O[C@H](CO)[C@@H](OP(=O)(O)O)[C@H]2OCc2ccc3ccc4cccc5ccc2c3c45)c(=O)[nH]1. The van der Waals surface area contributed by atoms with Gasteiger partial charge in [-0.1, -0.05) is 54.6 Å². The summed E-state index contributed by atoms with van der Waals surface area (Å²) in [6, 6.07) is 19.2. The maximum absolute atomic E-state index is 12.5. The lowest BCUT2D eigenvalue weighted by atomic mass is 9.92. The summed E-state index contributed by atoms with van der Waals surface area (Å²) in [5.74, 6) is 0. The summed E-state index contributed by atoms with van der Waals surface area (Å²) in [4.78, 5) is 45.3. The minimum atomic E-state index is -5.03. The van der Waals surface area contributed by atoms with E-state index >= 15 is 0 Å². The van der Waals surface area contributed by atoms with E-state index in [1.165, 1.54) is 6.20 Å². The molecule has 0 amide bonds. The number of ether oxygens (including phenoxy) is 2. The van der Waals surface area contributed by atoms with E-state index in [-0.39, 0.29) is 6.61 Å². The number of rotatable bonds is 7. The smallest absolute Gasteiger partial charge is 0.394 e. The summed E-state index contributed by atoms with van der Waals surface area (Å²) < 4.78 is 29.7. The first-order valence-electron chi connectivity index (χ1n) is 11.8. The second kappa shape index (κ2) is 9.40. The molecular weight excluding hydrogens is 515 g/mol. The lowest BCUT2D eigenvalue weighted by molar-refractivity contribution is -0.0792. The van der Waals surface area contributed by atoms with Crippen molar-refractivity contribution in [3.8, 4) is 0 Å². The van der Waals surface area contributed by atoms with E-state index in [0.29, 0.717) is 0 Å². The van der Waals surface area contributed by atoms with Gasteiger partial charge in [0.05, 0.1) is 13.2 Å². The van der Waals surface area contributed by atoms with Gasteiger partial charge >= 0.3 is 13.5 Å². The maximum atomic E-state index is 12.5. The molecule has 0 spiro atoms. The number of aromatic nitrogens is 2. The van der Waals surface area contributed by atoms with Crippen LogP contribution in [0.15, 0.2) is 76.4 Å². The zero-order chi connectivity index (χ0) is 26.6. The maximum Gasteiger partial charge on any atom is 0.470 e. The molecule has 0 aliphatic carbocycles. The van der Waals surface area contributed by atoms with Crippen molar-refractivity contribution in [2.75, 3.05) is 6.61 Å². The quantitative estimate of drug-likeness (QED) is 0.180. The molecule has 11 nitrogen and oxygen atoms in total. The van der Waals surface area contributed by atoms with Gasteiger partial charge in [-0.05, 0) is 37.9 Å². The number of phosphoric ester groups is 1. The second-order valence-electron chi connectivity index (χ2n) is 9.18. The summed E-state index contributed by atoms with van der Waals surface area (Å²) >= 11 is 0. The Bertz CT molecular complexity index is 1790. The fourth-order valence-electron chi connectivity index (χ4n) is 5.28. The Balaban J connectivity index is 1.41. The first-order valence-corrected chi connectivity index (χ1v) is 13.4. The number of phosphoric acid groups is 1. The van der Waals surface area contributed by atoms with Crippen LogP contribution in [0.2, 0.25) is 0 Å². The number of benzene rings is 4. The predicted octanol–water partition coefficient (Wildman–Crippen LogP) is 2.39. The fraction of sp³-hybridized carbons (Fsp3) is 0.231. The molecule has 1 saturated heterocycles. The molecule has 1 aliphatic rings. The van der Waals surface area contributed by atoms with Crippen molar-refractivity contribution in [3.63, 3.8) is 0 Å². The van der Waals surface area contributed by atoms with Gasteiger partial charge in [0.25, 0.3) is 5.56 Å². The van der Waals surface area contributed by atoms with E-state index in [0.717, 1.165) is 48.5 Å². The molecule has 5 aromatic rings. The van der Waals surface area contributed by atoms with Gasteiger partial charge in [0.2, 0.25) is 0 Å². The lowest BCUT2D eigenvalue weighted by Gasteiger charge is -2.25. The van der Waals surface area contributed by atoms with Gasteiger partial charge in [-0.25, -0.2) is 9.36 Å². The number of hydrogen-bond donors (Lipinski definition) is 4. The molecule has 0 saturated carbocycles. The summed E-state index contributed by atoms with van der Waals surface area (Å²) in [7, 11) is -5.03. The van der Waals surface area contributed by atoms with Crippen LogP contribution in [0.1, 0.15) is 11.8 Å². The van der Waals surface area contributed by atoms with Gasteiger partial charge in [0, 0.05) is 12.3 Å². The highest BCUT2D eigenvalue weighted by molar-refractivity contribution is 7.46. The van der Waals surface area contributed by atoms with E-state index in [1.54, 1.807) is 0 Å². The molecule has 1 aromatic heterocycles. The molecule has 196 valence electrons. The fourth-order valence-corrected chi connectivity index (χ4v) is 5.85. The van der Waals surface area contributed by atoms with Crippen molar-refractivity contribution >= 4 is 40.1 Å². The van der Waals surface area contributed by atoms with Crippen LogP contribution in [0.3, 0.4) is 0 Å². The van der Waals surface area contributed by atoms with E-state index < -0.39 is 50.2 Å². The van der Waals surface area contributed by atoms with Gasteiger partial charge in [-0.15, -0.1) is 0 Å². The summed E-state index contributed by atoms with van der Waals surface area (Å²) in [6.45, 7) is -0.673. The Hall–Kier alpha value is -3.41. The number of nitrogens with zero attached hydrogens (tertiary/aromatic N) is 1. The Morgan fingerprint density at radius 2 is 1.61 bits per heavy atom. The molecule has 1 aliphatic heterocycles. The van der Waals surface area contributed by atoms with Crippen molar-refractivity contribution in [1.29, 1.82) is 0 Å². The average Bonchev–Trinajstić information content (AvgIpc) is 3.21. The molecular formula is C26H23N2O9P. The van der Waals surface area contributed by atoms with Gasteiger partial charge in [0.1, 0.15) is 18.3 Å². The van der Waals surface area contributed by atoms with Gasteiger partial charge in [0.15, 0.2) is 6.23 Å². The summed E-state index contributed by atoms with van der Waals surface area (Å²) in [6.07, 6.45) is -3.90. The van der Waals surface area contributed by atoms with Gasteiger partial charge < -0.3 is 24.4 Å². The minimum Gasteiger partial charge on any atom is -0.394 e. The van der Waals surface area contributed by atoms with Gasteiger partial charge in [-0.2, -0.15) is 0 Å². The standard InChI is InChI=1S/C26H23N2O9P/c29-12-19-23(37-38(32,33)34)24(25(36-19)28-11-10-20(30)27-26(28)31)35-13-17-7-6-16-5-4-14-2-1-3-15-8-9-18(17)22(16)21(14)15/h1-11,19,23-25,29H,12-13H2,(H,27,30,31)(H2,32,33,34)/t19-,23-,24-,25-/m1/s1. The largest absolute Gasteiger partial charge is 0.470 e. The van der Waals surface area contributed by atoms with Crippen molar-refractivity contribution in [2.45, 2.75) is 31.1 Å². The third-order valence-corrected chi connectivity index (χ3v) is 7.42.